The minimum absolute atomic E-state index is 0.0501. The van der Waals surface area contributed by atoms with Gasteiger partial charge in [-0.3, -0.25) is 4.79 Å². The van der Waals surface area contributed by atoms with E-state index < -0.39 is 36.2 Å². The molecule has 1 fully saturated rings. The van der Waals surface area contributed by atoms with Gasteiger partial charge in [0.05, 0.1) is 17.7 Å². The first kappa shape index (κ1) is 13.6. The van der Waals surface area contributed by atoms with Crippen LogP contribution < -0.4 is 14.8 Å². The molecule has 118 valence electrons. The average molecular weight is 309 g/mol. The van der Waals surface area contributed by atoms with Gasteiger partial charge in [0.25, 0.3) is 5.91 Å². The van der Waals surface area contributed by atoms with E-state index in [0.717, 1.165) is 0 Å². The van der Waals surface area contributed by atoms with Gasteiger partial charge in [-0.05, 0) is 18.1 Å². The molecule has 1 saturated carbocycles. The molecule has 8 heteroatoms. The van der Waals surface area contributed by atoms with Crippen LogP contribution in [0.25, 0.3) is 0 Å². The maximum absolute atomic E-state index is 12.3. The molecule has 8 nitrogen and oxygen atoms in total. The van der Waals surface area contributed by atoms with Gasteiger partial charge in [-0.25, -0.2) is 0 Å². The second-order valence-electron chi connectivity index (χ2n) is 5.81. The van der Waals surface area contributed by atoms with Crippen molar-refractivity contribution in [3.63, 3.8) is 0 Å². The number of aliphatic hydroxyl groups is 3. The zero-order valence-corrected chi connectivity index (χ0v) is 11.4. The molecule has 0 aromatic heterocycles. The van der Waals surface area contributed by atoms with Crippen LogP contribution in [-0.2, 0) is 0 Å². The van der Waals surface area contributed by atoms with Gasteiger partial charge in [0.2, 0.25) is 12.5 Å². The highest BCUT2D eigenvalue weighted by atomic mass is 16.7. The van der Waals surface area contributed by atoms with Crippen LogP contribution in [-0.4, -0.2) is 57.5 Å². The van der Waals surface area contributed by atoms with Crippen LogP contribution >= 0.6 is 0 Å². The Labute approximate surface area is 124 Å². The molecule has 1 aromatic rings. The molecule has 1 amide bonds. The van der Waals surface area contributed by atoms with Gasteiger partial charge in [0.15, 0.2) is 11.5 Å². The maximum atomic E-state index is 12.3. The molecule has 5 N–H and O–H groups in total. The number of benzene rings is 1. The Morgan fingerprint density at radius 2 is 1.95 bits per heavy atom. The first-order valence-corrected chi connectivity index (χ1v) is 6.99. The minimum atomic E-state index is -1.33. The molecule has 0 spiro atoms. The number of phenolic OH excluding ortho intramolecular Hbond substituents is 1. The topological polar surface area (TPSA) is 128 Å². The molecule has 22 heavy (non-hydrogen) atoms. The number of amides is 1. The van der Waals surface area contributed by atoms with Gasteiger partial charge >= 0.3 is 0 Å². The molecular weight excluding hydrogens is 294 g/mol. The third-order valence-corrected chi connectivity index (χ3v) is 4.63. The first-order valence-electron chi connectivity index (χ1n) is 6.99. The van der Waals surface area contributed by atoms with Crippen molar-refractivity contribution in [2.24, 2.45) is 0 Å². The van der Waals surface area contributed by atoms with E-state index in [1.165, 1.54) is 0 Å². The normalized spacial score (nSPS) is 35.6. The van der Waals surface area contributed by atoms with Crippen molar-refractivity contribution in [1.82, 2.24) is 5.32 Å². The number of rotatable bonds is 0. The van der Waals surface area contributed by atoms with Crippen molar-refractivity contribution < 1.29 is 34.7 Å². The average Bonchev–Trinajstić information content (AvgIpc) is 2.95. The molecule has 3 aliphatic rings. The second-order valence-corrected chi connectivity index (χ2v) is 5.81. The molecule has 2 aliphatic heterocycles. The summed E-state index contributed by atoms with van der Waals surface area (Å²) in [6, 6.07) is 0.850. The van der Waals surface area contributed by atoms with Crippen molar-refractivity contribution >= 4 is 5.91 Å². The van der Waals surface area contributed by atoms with Crippen LogP contribution in [0.1, 0.15) is 28.3 Å². The highest BCUT2D eigenvalue weighted by Gasteiger charge is 2.49. The van der Waals surface area contributed by atoms with Crippen molar-refractivity contribution in [1.29, 1.82) is 0 Å². The quantitative estimate of drug-likeness (QED) is 0.407. The summed E-state index contributed by atoms with van der Waals surface area (Å²) in [7, 11) is 0. The number of aliphatic hydroxyl groups excluding tert-OH is 3. The Hall–Kier alpha value is -2.03. The SMILES string of the molecule is O=C1N[C@H]2[C@H](O)[C@H](O)[C@H](O)C[C@H]2c2cc3c(c(O)c21)OCO3. The molecule has 0 saturated heterocycles. The lowest BCUT2D eigenvalue weighted by Crippen LogP contribution is -2.61. The molecule has 2 heterocycles. The number of phenols is 1. The van der Waals surface area contributed by atoms with Crippen LogP contribution in [0, 0.1) is 0 Å². The third-order valence-electron chi connectivity index (χ3n) is 4.63. The Balaban J connectivity index is 1.87. The van der Waals surface area contributed by atoms with E-state index in [-0.39, 0.29) is 30.3 Å². The lowest BCUT2D eigenvalue weighted by molar-refractivity contribution is -0.104. The van der Waals surface area contributed by atoms with Crippen LogP contribution in [0.4, 0.5) is 0 Å². The molecular formula is C14H15NO7. The number of carbonyl (C=O) groups is 1. The number of carbonyl (C=O) groups excluding carboxylic acids is 1. The number of hydrogen-bond donors (Lipinski definition) is 5. The zero-order valence-electron chi connectivity index (χ0n) is 11.4. The van der Waals surface area contributed by atoms with E-state index in [2.05, 4.69) is 5.32 Å². The van der Waals surface area contributed by atoms with Crippen LogP contribution in [0.3, 0.4) is 0 Å². The van der Waals surface area contributed by atoms with E-state index in [1.54, 1.807) is 6.07 Å². The van der Waals surface area contributed by atoms with Crippen LogP contribution in [0.5, 0.6) is 17.2 Å². The third kappa shape index (κ3) is 1.65. The Morgan fingerprint density at radius 3 is 2.73 bits per heavy atom. The number of ether oxygens (including phenoxy) is 2. The van der Waals surface area contributed by atoms with Gasteiger partial charge in [-0.2, -0.15) is 0 Å². The highest BCUT2D eigenvalue weighted by Crippen LogP contribution is 2.49. The summed E-state index contributed by atoms with van der Waals surface area (Å²) in [5.41, 5.74) is 0.529. The maximum Gasteiger partial charge on any atom is 0.255 e. The highest BCUT2D eigenvalue weighted by molar-refractivity contribution is 6.01. The summed E-state index contributed by atoms with van der Waals surface area (Å²) in [6.07, 6.45) is -3.59. The number of hydrogen-bond acceptors (Lipinski definition) is 7. The van der Waals surface area contributed by atoms with Crippen LogP contribution in [0.15, 0.2) is 6.07 Å². The summed E-state index contributed by atoms with van der Waals surface area (Å²) >= 11 is 0. The van der Waals surface area contributed by atoms with Crippen LogP contribution in [0.2, 0.25) is 0 Å². The Morgan fingerprint density at radius 1 is 1.18 bits per heavy atom. The zero-order chi connectivity index (χ0) is 15.6. The van der Waals surface area contributed by atoms with Crippen molar-refractivity contribution in [3.8, 4) is 17.2 Å². The van der Waals surface area contributed by atoms with Crippen molar-refractivity contribution in [2.45, 2.75) is 36.7 Å². The number of fused-ring (bicyclic) bond motifs is 4. The standard InChI is InChI=1S/C14H15NO7/c16-6-1-5-4-2-7-13(22-3-21-7)11(18)8(4)14(20)15-9(5)12(19)10(6)17/h2,5-6,9-10,12,16-19H,1,3H2,(H,15,20)/t5-,6+,9+,10+,12-/m0/s1. The lowest BCUT2D eigenvalue weighted by Gasteiger charge is -2.44. The first-order chi connectivity index (χ1) is 10.5. The van der Waals surface area contributed by atoms with Gasteiger partial charge in [-0.15, -0.1) is 0 Å². The molecule has 0 radical (unpaired) electrons. The fourth-order valence-electron chi connectivity index (χ4n) is 3.53. The summed E-state index contributed by atoms with van der Waals surface area (Å²) in [5, 5.41) is 42.6. The van der Waals surface area contributed by atoms with E-state index in [4.69, 9.17) is 9.47 Å². The monoisotopic (exact) mass is 309 g/mol. The Bertz CT molecular complexity index is 661. The predicted molar refractivity (Wildman–Crippen MR) is 70.9 cm³/mol. The summed E-state index contributed by atoms with van der Waals surface area (Å²) in [4.78, 5) is 12.3. The van der Waals surface area contributed by atoms with E-state index >= 15 is 0 Å². The van der Waals surface area contributed by atoms with Crippen molar-refractivity contribution in [3.05, 3.63) is 17.2 Å². The Kier molecular flexibility index (Phi) is 2.77. The molecule has 5 atom stereocenters. The predicted octanol–water partition coefficient (Wildman–Crippen LogP) is -1.20. The second kappa shape index (κ2) is 4.48. The van der Waals surface area contributed by atoms with Gasteiger partial charge < -0.3 is 35.2 Å². The van der Waals surface area contributed by atoms with Gasteiger partial charge in [0.1, 0.15) is 12.2 Å². The smallest absolute Gasteiger partial charge is 0.255 e. The van der Waals surface area contributed by atoms with Gasteiger partial charge in [0, 0.05) is 5.92 Å². The fourth-order valence-corrected chi connectivity index (χ4v) is 3.53. The summed E-state index contributed by atoms with van der Waals surface area (Å²) in [5.74, 6) is -0.878. The minimum Gasteiger partial charge on any atom is -0.504 e. The van der Waals surface area contributed by atoms with Crippen molar-refractivity contribution in [2.75, 3.05) is 6.79 Å². The van der Waals surface area contributed by atoms with E-state index in [0.29, 0.717) is 11.3 Å². The lowest BCUT2D eigenvalue weighted by atomic mass is 9.72. The summed E-state index contributed by atoms with van der Waals surface area (Å²) < 4.78 is 10.4. The van der Waals surface area contributed by atoms with E-state index in [1.807, 2.05) is 0 Å². The molecule has 1 aromatic carbocycles. The molecule has 4 rings (SSSR count). The number of aromatic hydroxyl groups is 1. The molecule has 1 aliphatic carbocycles. The largest absolute Gasteiger partial charge is 0.504 e. The fraction of sp³-hybridized carbons (Fsp3) is 0.500. The molecule has 0 bridgehead atoms. The van der Waals surface area contributed by atoms with Gasteiger partial charge in [-0.1, -0.05) is 0 Å². The van der Waals surface area contributed by atoms with E-state index in [9.17, 15) is 25.2 Å². The number of nitrogens with one attached hydrogen (secondary N) is 1. The summed E-state index contributed by atoms with van der Waals surface area (Å²) in [6.45, 7) is -0.0501. The molecule has 0 unspecified atom stereocenters.